The van der Waals surface area contributed by atoms with E-state index in [9.17, 15) is 18.0 Å². The summed E-state index contributed by atoms with van der Waals surface area (Å²) in [5, 5.41) is 0.859. The number of sulfonamides is 1. The monoisotopic (exact) mass is 500 g/mol. The van der Waals surface area contributed by atoms with Crippen molar-refractivity contribution in [2.75, 3.05) is 27.3 Å². The number of hydrogen-bond acceptors (Lipinski definition) is 7. The van der Waals surface area contributed by atoms with Crippen LogP contribution in [0.5, 0.6) is 11.5 Å². The lowest BCUT2D eigenvalue weighted by molar-refractivity contribution is -0.127. The van der Waals surface area contributed by atoms with Gasteiger partial charge in [0.15, 0.2) is 11.5 Å². The van der Waals surface area contributed by atoms with Gasteiger partial charge in [-0.25, -0.2) is 17.5 Å². The fraction of sp³-hybridized carbons (Fsp3) is 0.333. The number of para-hydroxylation sites is 1. The highest BCUT2D eigenvalue weighted by Gasteiger charge is 2.51. The van der Waals surface area contributed by atoms with Gasteiger partial charge in [-0.3, -0.25) is 9.69 Å². The van der Waals surface area contributed by atoms with Crippen LogP contribution in [-0.4, -0.2) is 67.9 Å². The van der Waals surface area contributed by atoms with Crippen LogP contribution in [0.2, 0.25) is 0 Å². The Morgan fingerprint density at radius 3 is 2.49 bits per heavy atom. The number of unbranched alkanes of at least 4 members (excludes halogenated alkanes) is 1. The van der Waals surface area contributed by atoms with E-state index in [-0.39, 0.29) is 23.6 Å². The average Bonchev–Trinajstić information content (AvgIpc) is 3.38. The molecule has 0 bridgehead atoms. The maximum Gasteiger partial charge on any atom is 0.341 e. The number of nitrogens with zero attached hydrogens (tertiary/aromatic N) is 2. The zero-order valence-electron chi connectivity index (χ0n) is 19.6. The van der Waals surface area contributed by atoms with E-state index in [0.29, 0.717) is 29.4 Å². The molecule has 3 N–H and O–H groups in total. The molecule has 0 radical (unpaired) electrons. The molecule has 0 saturated carbocycles. The van der Waals surface area contributed by atoms with Crippen LogP contribution in [0.4, 0.5) is 4.79 Å². The van der Waals surface area contributed by atoms with Crippen molar-refractivity contribution in [3.63, 3.8) is 0 Å². The summed E-state index contributed by atoms with van der Waals surface area (Å²) in [6.07, 6.45) is 2.86. The van der Waals surface area contributed by atoms with Crippen LogP contribution in [0, 0.1) is 0 Å². The second kappa shape index (κ2) is 9.96. The van der Waals surface area contributed by atoms with Gasteiger partial charge in [-0.1, -0.05) is 18.2 Å². The molecule has 11 heteroatoms. The number of carbonyl (C=O) groups is 2. The highest BCUT2D eigenvalue weighted by atomic mass is 32.2. The van der Waals surface area contributed by atoms with Crippen LogP contribution in [0.15, 0.2) is 53.6 Å². The molecule has 3 aromatic rings. The van der Waals surface area contributed by atoms with Gasteiger partial charge in [-0.2, -0.15) is 0 Å². The molecule has 2 aromatic carbocycles. The van der Waals surface area contributed by atoms with Crippen molar-refractivity contribution in [2.45, 2.75) is 30.2 Å². The molecule has 186 valence electrons. The van der Waals surface area contributed by atoms with Crippen LogP contribution in [0.1, 0.15) is 18.4 Å². The van der Waals surface area contributed by atoms with Gasteiger partial charge in [0.25, 0.3) is 15.9 Å². The second-order valence-corrected chi connectivity index (χ2v) is 9.98. The molecule has 35 heavy (non-hydrogen) atoms. The van der Waals surface area contributed by atoms with Gasteiger partial charge in [0.1, 0.15) is 6.04 Å². The number of nitrogens with two attached hydrogens (primary N) is 1. The Morgan fingerprint density at radius 2 is 1.77 bits per heavy atom. The number of aromatic nitrogens is 1. The quantitative estimate of drug-likeness (QED) is 0.322. The van der Waals surface area contributed by atoms with Crippen molar-refractivity contribution >= 4 is 32.9 Å². The number of fused-ring (bicyclic) bond motifs is 1. The molecule has 4 rings (SSSR count). The number of amides is 3. The largest absolute Gasteiger partial charge is 0.493 e. The standard InChI is InChI=1S/C24H28N4O6S/c1-33-21-10-9-17(14-22(21)34-2)35(31,32)28-20(23(29)27(24(28)30)12-6-5-11-25)13-16-15-26-19-8-4-3-7-18(16)19/h3-4,7-10,14-15,20,26H,5-6,11-13,25H2,1-2H3. The Bertz CT molecular complexity index is 1350. The zero-order valence-corrected chi connectivity index (χ0v) is 20.4. The van der Waals surface area contributed by atoms with E-state index in [1.165, 1.54) is 32.4 Å². The Balaban J connectivity index is 1.76. The lowest BCUT2D eigenvalue weighted by Gasteiger charge is -2.22. The van der Waals surface area contributed by atoms with Crippen LogP contribution in [-0.2, 0) is 21.2 Å². The Labute approximate surface area is 203 Å². The number of rotatable bonds is 10. The fourth-order valence-electron chi connectivity index (χ4n) is 4.29. The summed E-state index contributed by atoms with van der Waals surface area (Å²) in [6.45, 7) is 0.500. The van der Waals surface area contributed by atoms with Crippen molar-refractivity contribution in [2.24, 2.45) is 5.73 Å². The number of carbonyl (C=O) groups excluding carboxylic acids is 2. The SMILES string of the molecule is COc1ccc(S(=O)(=O)N2C(=O)N(CCCCN)C(=O)C2Cc2c[nH]c3ccccc23)cc1OC. The highest BCUT2D eigenvalue weighted by molar-refractivity contribution is 7.89. The lowest BCUT2D eigenvalue weighted by atomic mass is 10.0. The van der Waals surface area contributed by atoms with E-state index in [4.69, 9.17) is 15.2 Å². The van der Waals surface area contributed by atoms with Crippen molar-refractivity contribution in [3.05, 3.63) is 54.2 Å². The van der Waals surface area contributed by atoms with E-state index in [2.05, 4.69) is 4.98 Å². The highest BCUT2D eigenvalue weighted by Crippen LogP contribution is 2.34. The number of hydrogen-bond donors (Lipinski definition) is 2. The minimum Gasteiger partial charge on any atom is -0.493 e. The first-order chi connectivity index (χ1) is 16.8. The second-order valence-electron chi connectivity index (χ2n) is 8.17. The van der Waals surface area contributed by atoms with Crippen molar-refractivity contribution in [1.29, 1.82) is 0 Å². The number of ether oxygens (including phenoxy) is 2. The summed E-state index contributed by atoms with van der Waals surface area (Å²) in [6, 6.07) is 9.47. The molecule has 2 heterocycles. The predicted octanol–water partition coefficient (Wildman–Crippen LogP) is 2.49. The Kier molecular flexibility index (Phi) is 6.99. The molecule has 1 atom stereocenters. The van der Waals surface area contributed by atoms with Crippen molar-refractivity contribution in [1.82, 2.24) is 14.2 Å². The van der Waals surface area contributed by atoms with Gasteiger partial charge in [-0.05, 0) is 43.1 Å². The molecular formula is C24H28N4O6S. The molecule has 1 aliphatic heterocycles. The van der Waals surface area contributed by atoms with Crippen LogP contribution < -0.4 is 15.2 Å². The summed E-state index contributed by atoms with van der Waals surface area (Å²) >= 11 is 0. The van der Waals surface area contributed by atoms with Gasteiger partial charge in [0.2, 0.25) is 0 Å². The minimum absolute atomic E-state index is 0.0362. The molecule has 0 aliphatic carbocycles. The molecule has 3 amide bonds. The number of aromatic amines is 1. The summed E-state index contributed by atoms with van der Waals surface area (Å²) in [7, 11) is -1.57. The maximum atomic E-state index is 13.7. The molecule has 0 spiro atoms. The van der Waals surface area contributed by atoms with Crippen LogP contribution in [0.3, 0.4) is 0 Å². The number of imide groups is 1. The topological polar surface area (TPSA) is 135 Å². The maximum absolute atomic E-state index is 13.7. The Morgan fingerprint density at radius 1 is 1.03 bits per heavy atom. The van der Waals surface area contributed by atoms with Gasteiger partial charge >= 0.3 is 6.03 Å². The van der Waals surface area contributed by atoms with E-state index in [1.807, 2.05) is 24.3 Å². The third-order valence-electron chi connectivity index (χ3n) is 6.09. The van der Waals surface area contributed by atoms with Gasteiger partial charge in [-0.15, -0.1) is 0 Å². The number of methoxy groups -OCH3 is 2. The lowest BCUT2D eigenvalue weighted by Crippen LogP contribution is -2.41. The predicted molar refractivity (Wildman–Crippen MR) is 130 cm³/mol. The van der Waals surface area contributed by atoms with Crippen molar-refractivity contribution in [3.8, 4) is 11.5 Å². The summed E-state index contributed by atoms with van der Waals surface area (Å²) in [5.74, 6) is -0.0186. The molecule has 1 unspecified atom stereocenters. The average molecular weight is 501 g/mol. The van der Waals surface area contributed by atoms with Crippen molar-refractivity contribution < 1.29 is 27.5 Å². The van der Waals surface area contributed by atoms with E-state index < -0.39 is 28.0 Å². The summed E-state index contributed by atoms with van der Waals surface area (Å²) < 4.78 is 38.6. The van der Waals surface area contributed by atoms with Gasteiger partial charge < -0.3 is 20.2 Å². The van der Waals surface area contributed by atoms with E-state index in [0.717, 1.165) is 21.4 Å². The smallest absolute Gasteiger partial charge is 0.341 e. The molecule has 1 fully saturated rings. The van der Waals surface area contributed by atoms with Gasteiger partial charge in [0, 0.05) is 36.1 Å². The first-order valence-electron chi connectivity index (χ1n) is 11.2. The number of benzene rings is 2. The van der Waals surface area contributed by atoms with E-state index >= 15 is 0 Å². The van der Waals surface area contributed by atoms with E-state index in [1.54, 1.807) is 6.20 Å². The third kappa shape index (κ3) is 4.44. The summed E-state index contributed by atoms with van der Waals surface area (Å²) in [4.78, 5) is 30.7. The molecular weight excluding hydrogens is 472 g/mol. The number of nitrogens with one attached hydrogen (secondary N) is 1. The molecule has 1 aromatic heterocycles. The molecule has 10 nitrogen and oxygen atoms in total. The fourth-order valence-corrected chi connectivity index (χ4v) is 5.81. The normalized spacial score (nSPS) is 16.4. The molecule has 1 aliphatic rings. The third-order valence-corrected chi connectivity index (χ3v) is 7.87. The van der Waals surface area contributed by atoms with Crippen LogP contribution in [0.25, 0.3) is 10.9 Å². The number of H-pyrrole nitrogens is 1. The Hall–Kier alpha value is -3.57. The number of urea groups is 1. The summed E-state index contributed by atoms with van der Waals surface area (Å²) in [5.41, 5.74) is 7.15. The molecule has 1 saturated heterocycles. The first-order valence-corrected chi connectivity index (χ1v) is 12.6. The minimum atomic E-state index is -4.40. The zero-order chi connectivity index (χ0) is 25.2. The first kappa shape index (κ1) is 24.6. The van der Waals surface area contributed by atoms with Gasteiger partial charge in [0.05, 0.1) is 19.1 Å². The van der Waals surface area contributed by atoms with Crippen LogP contribution >= 0.6 is 0 Å².